The van der Waals surface area contributed by atoms with Crippen molar-refractivity contribution in [2.24, 2.45) is 0 Å². The first-order chi connectivity index (χ1) is 13.2. The van der Waals surface area contributed by atoms with Gasteiger partial charge in [-0.25, -0.2) is 0 Å². The summed E-state index contributed by atoms with van der Waals surface area (Å²) in [6, 6.07) is 15.6. The highest BCUT2D eigenvalue weighted by Gasteiger charge is 2.34. The fraction of sp³-hybridized carbons (Fsp3) is 0.286. The number of anilines is 1. The fourth-order valence-corrected chi connectivity index (χ4v) is 3.29. The summed E-state index contributed by atoms with van der Waals surface area (Å²) in [5, 5.41) is 4.11. The normalized spacial score (nSPS) is 16.7. The van der Waals surface area contributed by atoms with E-state index in [1.807, 2.05) is 36.4 Å². The molecular formula is C21H21N3O3. The van der Waals surface area contributed by atoms with E-state index in [4.69, 9.17) is 9.26 Å². The molecule has 0 radical (unpaired) electrons. The smallest absolute Gasteiger partial charge is 0.257 e. The zero-order chi connectivity index (χ0) is 18.8. The number of carbonyl (C=O) groups excluding carboxylic acids is 1. The summed E-state index contributed by atoms with van der Waals surface area (Å²) in [5.74, 6) is 1.80. The number of amides is 1. The monoisotopic (exact) mass is 363 g/mol. The van der Waals surface area contributed by atoms with Crippen molar-refractivity contribution in [2.45, 2.75) is 25.7 Å². The molecule has 0 saturated carbocycles. The Morgan fingerprint density at radius 3 is 2.56 bits per heavy atom. The number of aromatic nitrogens is 2. The Kier molecular flexibility index (Phi) is 4.62. The Hall–Kier alpha value is -3.15. The van der Waals surface area contributed by atoms with Gasteiger partial charge in [0.05, 0.1) is 7.11 Å². The Morgan fingerprint density at radius 2 is 1.89 bits per heavy atom. The number of aryl methyl sites for hydroxylation is 1. The van der Waals surface area contributed by atoms with Crippen LogP contribution in [0, 0.1) is 0 Å². The van der Waals surface area contributed by atoms with E-state index < -0.39 is 0 Å². The Labute approximate surface area is 157 Å². The van der Waals surface area contributed by atoms with Gasteiger partial charge in [-0.2, -0.15) is 4.98 Å². The summed E-state index contributed by atoms with van der Waals surface area (Å²) >= 11 is 0. The molecule has 2 aromatic carbocycles. The molecule has 0 aliphatic carbocycles. The van der Waals surface area contributed by atoms with Crippen LogP contribution < -0.4 is 9.64 Å². The lowest BCUT2D eigenvalue weighted by atomic mass is 10.1. The topological polar surface area (TPSA) is 68.5 Å². The molecule has 1 amide bonds. The highest BCUT2D eigenvalue weighted by Crippen LogP contribution is 2.32. The van der Waals surface area contributed by atoms with E-state index in [1.165, 1.54) is 5.56 Å². The van der Waals surface area contributed by atoms with Crippen LogP contribution in [-0.4, -0.2) is 29.7 Å². The van der Waals surface area contributed by atoms with E-state index in [-0.39, 0.29) is 11.8 Å². The van der Waals surface area contributed by atoms with Gasteiger partial charge in [0, 0.05) is 30.1 Å². The number of hydrogen-bond acceptors (Lipinski definition) is 5. The average Bonchev–Trinajstić information content (AvgIpc) is 3.35. The van der Waals surface area contributed by atoms with Crippen LogP contribution in [0.4, 0.5) is 5.69 Å². The summed E-state index contributed by atoms with van der Waals surface area (Å²) in [4.78, 5) is 18.8. The predicted molar refractivity (Wildman–Crippen MR) is 102 cm³/mol. The average molecular weight is 363 g/mol. The number of methoxy groups -OCH3 is 1. The van der Waals surface area contributed by atoms with Crippen molar-refractivity contribution in [3.63, 3.8) is 0 Å². The molecule has 2 heterocycles. The van der Waals surface area contributed by atoms with Crippen LogP contribution in [0.1, 0.15) is 30.7 Å². The third-order valence-corrected chi connectivity index (χ3v) is 4.93. The summed E-state index contributed by atoms with van der Waals surface area (Å²) < 4.78 is 10.6. The molecule has 1 unspecified atom stereocenters. The molecule has 138 valence electrons. The van der Waals surface area contributed by atoms with Gasteiger partial charge >= 0.3 is 0 Å². The quantitative estimate of drug-likeness (QED) is 0.689. The highest BCUT2D eigenvalue weighted by molar-refractivity contribution is 5.96. The molecule has 1 atom stereocenters. The number of ether oxygens (including phenoxy) is 1. The molecule has 6 nitrogen and oxygen atoms in total. The van der Waals surface area contributed by atoms with Crippen LogP contribution in [-0.2, 0) is 11.2 Å². The minimum absolute atomic E-state index is 0.0703. The Morgan fingerprint density at radius 1 is 1.15 bits per heavy atom. The molecule has 27 heavy (non-hydrogen) atoms. The van der Waals surface area contributed by atoms with E-state index in [2.05, 4.69) is 29.2 Å². The van der Waals surface area contributed by atoms with Gasteiger partial charge in [0.25, 0.3) is 5.89 Å². The number of carbonyl (C=O) groups is 1. The minimum atomic E-state index is -0.0703. The van der Waals surface area contributed by atoms with Crippen molar-refractivity contribution in [3.05, 3.63) is 59.9 Å². The van der Waals surface area contributed by atoms with Gasteiger partial charge in [-0.3, -0.25) is 4.79 Å². The summed E-state index contributed by atoms with van der Waals surface area (Å²) in [5.41, 5.74) is 2.99. The fourth-order valence-electron chi connectivity index (χ4n) is 3.29. The van der Waals surface area contributed by atoms with Crippen LogP contribution in [0.15, 0.2) is 53.1 Å². The maximum atomic E-state index is 12.5. The summed E-state index contributed by atoms with van der Waals surface area (Å²) in [7, 11) is 1.62. The van der Waals surface area contributed by atoms with Gasteiger partial charge in [0.2, 0.25) is 5.91 Å². The number of hydrogen-bond donors (Lipinski definition) is 0. The molecule has 0 bridgehead atoms. The second-order valence-electron chi connectivity index (χ2n) is 6.61. The van der Waals surface area contributed by atoms with Crippen LogP contribution in [0.3, 0.4) is 0 Å². The van der Waals surface area contributed by atoms with Crippen molar-refractivity contribution in [3.8, 4) is 17.2 Å². The molecule has 6 heteroatoms. The third kappa shape index (κ3) is 3.43. The van der Waals surface area contributed by atoms with Gasteiger partial charge < -0.3 is 14.2 Å². The zero-order valence-corrected chi connectivity index (χ0v) is 15.4. The maximum Gasteiger partial charge on any atom is 0.257 e. The van der Waals surface area contributed by atoms with Gasteiger partial charge in [-0.05, 0) is 48.4 Å². The van der Waals surface area contributed by atoms with Crippen molar-refractivity contribution >= 4 is 11.6 Å². The predicted octanol–water partition coefficient (Wildman–Crippen LogP) is 3.83. The maximum absolute atomic E-state index is 12.5. The van der Waals surface area contributed by atoms with E-state index >= 15 is 0 Å². The second-order valence-corrected chi connectivity index (χ2v) is 6.61. The van der Waals surface area contributed by atoms with Gasteiger partial charge in [0.1, 0.15) is 5.75 Å². The first kappa shape index (κ1) is 17.3. The number of benzene rings is 2. The van der Waals surface area contributed by atoms with E-state index in [1.54, 1.807) is 12.0 Å². The number of nitrogens with zero attached hydrogens (tertiary/aromatic N) is 3. The second kappa shape index (κ2) is 7.23. The molecule has 1 saturated heterocycles. The molecule has 1 aliphatic heterocycles. The molecule has 1 aliphatic rings. The minimum Gasteiger partial charge on any atom is -0.497 e. The molecule has 0 spiro atoms. The van der Waals surface area contributed by atoms with Crippen molar-refractivity contribution in [1.29, 1.82) is 0 Å². The molecular weight excluding hydrogens is 342 g/mol. The standard InChI is InChI=1S/C21H21N3O3/c1-3-14-4-8-17(9-5-14)24-13-16(12-19(24)25)20-22-21(27-23-20)15-6-10-18(26-2)11-7-15/h4-11,16H,3,12-13H2,1-2H3. The van der Waals surface area contributed by atoms with Crippen molar-refractivity contribution in [1.82, 2.24) is 10.1 Å². The summed E-state index contributed by atoms with van der Waals surface area (Å²) in [6.45, 7) is 2.68. The van der Waals surface area contributed by atoms with Crippen LogP contribution in [0.25, 0.3) is 11.5 Å². The molecule has 0 N–H and O–H groups in total. The molecule has 1 fully saturated rings. The van der Waals surface area contributed by atoms with Gasteiger partial charge in [-0.1, -0.05) is 24.2 Å². The van der Waals surface area contributed by atoms with Crippen LogP contribution in [0.5, 0.6) is 5.75 Å². The zero-order valence-electron chi connectivity index (χ0n) is 15.4. The van der Waals surface area contributed by atoms with Crippen LogP contribution >= 0.6 is 0 Å². The van der Waals surface area contributed by atoms with E-state index in [0.29, 0.717) is 24.7 Å². The van der Waals surface area contributed by atoms with Gasteiger partial charge in [0.15, 0.2) is 5.82 Å². The third-order valence-electron chi connectivity index (χ3n) is 4.93. The Bertz CT molecular complexity index is 932. The largest absolute Gasteiger partial charge is 0.497 e. The lowest BCUT2D eigenvalue weighted by Gasteiger charge is -2.16. The van der Waals surface area contributed by atoms with Crippen molar-refractivity contribution < 1.29 is 14.1 Å². The van der Waals surface area contributed by atoms with Crippen molar-refractivity contribution in [2.75, 3.05) is 18.6 Å². The highest BCUT2D eigenvalue weighted by atomic mass is 16.5. The first-order valence-corrected chi connectivity index (χ1v) is 9.05. The van der Waals surface area contributed by atoms with E-state index in [9.17, 15) is 4.79 Å². The summed E-state index contributed by atoms with van der Waals surface area (Å²) in [6.07, 6.45) is 1.37. The first-order valence-electron chi connectivity index (χ1n) is 9.05. The lowest BCUT2D eigenvalue weighted by molar-refractivity contribution is -0.117. The molecule has 1 aromatic heterocycles. The Balaban J connectivity index is 1.51. The lowest BCUT2D eigenvalue weighted by Crippen LogP contribution is -2.24. The molecule has 3 aromatic rings. The van der Waals surface area contributed by atoms with E-state index in [0.717, 1.165) is 23.4 Å². The van der Waals surface area contributed by atoms with Gasteiger partial charge in [-0.15, -0.1) is 0 Å². The SMILES string of the molecule is CCc1ccc(N2CC(c3noc(-c4ccc(OC)cc4)n3)CC2=O)cc1. The van der Waals surface area contributed by atoms with Crippen LogP contribution in [0.2, 0.25) is 0 Å². The molecule has 4 rings (SSSR count). The number of rotatable bonds is 5.